The molecule has 0 fully saturated rings. The average Bonchev–Trinajstić information content (AvgIpc) is 2.78. The molecular formula is C25H38N4O3. The van der Waals surface area contributed by atoms with E-state index in [9.17, 15) is 0 Å². The summed E-state index contributed by atoms with van der Waals surface area (Å²) in [6.45, 7) is 10.1. The quantitative estimate of drug-likeness (QED) is 0.224. The van der Waals surface area contributed by atoms with E-state index in [0.717, 1.165) is 50.0 Å². The maximum atomic E-state index is 8.82. The van der Waals surface area contributed by atoms with Crippen molar-refractivity contribution in [3.8, 4) is 5.88 Å². The van der Waals surface area contributed by atoms with Gasteiger partial charge in [0.1, 0.15) is 6.61 Å². The summed E-state index contributed by atoms with van der Waals surface area (Å²) >= 11 is 0. The lowest BCUT2D eigenvalue weighted by atomic mass is 10.2. The van der Waals surface area contributed by atoms with Gasteiger partial charge in [-0.05, 0) is 38.2 Å². The smallest absolute Gasteiger partial charge is 0.217 e. The van der Waals surface area contributed by atoms with Crippen LogP contribution in [0.3, 0.4) is 0 Å². The number of aromatic nitrogens is 1. The summed E-state index contributed by atoms with van der Waals surface area (Å²) in [6.07, 6.45) is 5.52. The first-order chi connectivity index (χ1) is 15.7. The summed E-state index contributed by atoms with van der Waals surface area (Å²) in [6, 6.07) is 12.2. The molecule has 0 radical (unpaired) electrons. The van der Waals surface area contributed by atoms with Crippen LogP contribution in [0.4, 0.5) is 11.5 Å². The Balaban J connectivity index is 2.07. The first kappa shape index (κ1) is 25.6. The maximum Gasteiger partial charge on any atom is 0.217 e. The molecule has 0 aliphatic rings. The molecule has 0 amide bonds. The van der Waals surface area contributed by atoms with E-state index in [1.165, 1.54) is 5.56 Å². The number of aliphatic hydroxyl groups excluding tert-OH is 1. The lowest BCUT2D eigenvalue weighted by Gasteiger charge is -2.24. The molecule has 1 aromatic heterocycles. The summed E-state index contributed by atoms with van der Waals surface area (Å²) in [7, 11) is 0. The minimum absolute atomic E-state index is 0.199. The predicted octanol–water partition coefficient (Wildman–Crippen LogP) is 4.63. The van der Waals surface area contributed by atoms with Crippen LogP contribution in [0.25, 0.3) is 0 Å². The number of aliphatic hydroxyl groups is 1. The third-order valence-electron chi connectivity index (χ3n) is 4.75. The van der Waals surface area contributed by atoms with Crippen LogP contribution < -0.4 is 15.1 Å². The average molecular weight is 443 g/mol. The topological polar surface area (TPSA) is 79.2 Å². The number of hydrogen-bond donors (Lipinski definition) is 2. The SMILES string of the molecule is CCCN(CCC)c1cc(N/N=C/c2cccc(C)c2)nc(OCCOCCCCO)c1. The molecule has 2 rings (SSSR count). The van der Waals surface area contributed by atoms with Crippen LogP contribution in [0.15, 0.2) is 41.5 Å². The lowest BCUT2D eigenvalue weighted by Crippen LogP contribution is -2.25. The Bertz CT molecular complexity index is 808. The van der Waals surface area contributed by atoms with Gasteiger partial charge in [0.15, 0.2) is 5.82 Å². The van der Waals surface area contributed by atoms with Crippen molar-refractivity contribution in [3.63, 3.8) is 0 Å². The Labute approximate surface area is 192 Å². The van der Waals surface area contributed by atoms with E-state index in [2.05, 4.69) is 53.3 Å². The van der Waals surface area contributed by atoms with Gasteiger partial charge in [-0.3, -0.25) is 5.43 Å². The molecular weight excluding hydrogens is 404 g/mol. The summed E-state index contributed by atoms with van der Waals surface area (Å²) in [4.78, 5) is 6.91. The van der Waals surface area contributed by atoms with Crippen molar-refractivity contribution in [2.45, 2.75) is 46.5 Å². The van der Waals surface area contributed by atoms with Crippen LogP contribution in [0.5, 0.6) is 5.88 Å². The largest absolute Gasteiger partial charge is 0.475 e. The normalized spacial score (nSPS) is 11.1. The molecule has 0 unspecified atom stereocenters. The Morgan fingerprint density at radius 2 is 1.88 bits per heavy atom. The van der Waals surface area contributed by atoms with E-state index in [1.54, 1.807) is 6.21 Å². The summed E-state index contributed by atoms with van der Waals surface area (Å²) in [5, 5.41) is 13.2. The van der Waals surface area contributed by atoms with E-state index >= 15 is 0 Å². The van der Waals surface area contributed by atoms with Crippen molar-refractivity contribution < 1.29 is 14.6 Å². The van der Waals surface area contributed by atoms with Gasteiger partial charge < -0.3 is 19.5 Å². The van der Waals surface area contributed by atoms with E-state index in [4.69, 9.17) is 14.6 Å². The molecule has 0 atom stereocenters. The molecule has 0 aliphatic heterocycles. The molecule has 176 valence electrons. The number of aryl methyl sites for hydroxylation is 1. The number of benzene rings is 1. The number of hydrogen-bond acceptors (Lipinski definition) is 7. The summed E-state index contributed by atoms with van der Waals surface area (Å²) in [5.41, 5.74) is 6.34. The van der Waals surface area contributed by atoms with Crippen molar-refractivity contribution >= 4 is 17.7 Å². The molecule has 0 aliphatic carbocycles. The highest BCUT2D eigenvalue weighted by Gasteiger charge is 2.10. The van der Waals surface area contributed by atoms with Gasteiger partial charge in [0.05, 0.1) is 12.8 Å². The third-order valence-corrected chi connectivity index (χ3v) is 4.75. The first-order valence-corrected chi connectivity index (χ1v) is 11.6. The molecule has 0 spiro atoms. The van der Waals surface area contributed by atoms with E-state index in [-0.39, 0.29) is 6.61 Å². The monoisotopic (exact) mass is 442 g/mol. The maximum absolute atomic E-state index is 8.82. The predicted molar refractivity (Wildman–Crippen MR) is 132 cm³/mol. The number of unbranched alkanes of at least 4 members (excludes halogenated alkanes) is 1. The fourth-order valence-corrected chi connectivity index (χ4v) is 3.26. The number of nitrogens with one attached hydrogen (secondary N) is 1. The lowest BCUT2D eigenvalue weighted by molar-refractivity contribution is 0.0930. The molecule has 0 bridgehead atoms. The molecule has 2 aromatic rings. The van der Waals surface area contributed by atoms with Gasteiger partial charge in [0.2, 0.25) is 5.88 Å². The fraction of sp³-hybridized carbons (Fsp3) is 0.520. The second kappa shape index (κ2) is 15.2. The number of pyridine rings is 1. The summed E-state index contributed by atoms with van der Waals surface area (Å²) < 4.78 is 11.4. The van der Waals surface area contributed by atoms with E-state index in [0.29, 0.717) is 31.5 Å². The van der Waals surface area contributed by atoms with Crippen LogP contribution in [0, 0.1) is 6.92 Å². The van der Waals surface area contributed by atoms with Crippen molar-refractivity contribution in [3.05, 3.63) is 47.5 Å². The van der Waals surface area contributed by atoms with E-state index in [1.807, 2.05) is 24.3 Å². The minimum atomic E-state index is 0.199. The third kappa shape index (κ3) is 9.66. The van der Waals surface area contributed by atoms with Crippen LogP contribution in [-0.2, 0) is 4.74 Å². The number of hydrazone groups is 1. The van der Waals surface area contributed by atoms with Gasteiger partial charge in [-0.2, -0.15) is 10.1 Å². The van der Waals surface area contributed by atoms with Crippen LogP contribution in [0.2, 0.25) is 0 Å². The highest BCUT2D eigenvalue weighted by molar-refractivity contribution is 5.80. The van der Waals surface area contributed by atoms with Gasteiger partial charge in [0, 0.05) is 44.1 Å². The van der Waals surface area contributed by atoms with Crippen molar-refractivity contribution in [1.82, 2.24) is 4.98 Å². The van der Waals surface area contributed by atoms with Crippen molar-refractivity contribution in [2.75, 3.05) is 49.8 Å². The van der Waals surface area contributed by atoms with Crippen LogP contribution in [0.1, 0.15) is 50.7 Å². The zero-order valence-electron chi connectivity index (χ0n) is 19.7. The molecule has 2 N–H and O–H groups in total. The van der Waals surface area contributed by atoms with Gasteiger partial charge >= 0.3 is 0 Å². The molecule has 1 heterocycles. The molecule has 0 saturated carbocycles. The molecule has 1 aromatic carbocycles. The Morgan fingerprint density at radius 3 is 2.59 bits per heavy atom. The van der Waals surface area contributed by atoms with Crippen molar-refractivity contribution in [1.29, 1.82) is 0 Å². The Morgan fingerprint density at radius 1 is 1.06 bits per heavy atom. The van der Waals surface area contributed by atoms with Crippen LogP contribution >= 0.6 is 0 Å². The van der Waals surface area contributed by atoms with Gasteiger partial charge in [-0.25, -0.2) is 0 Å². The van der Waals surface area contributed by atoms with Gasteiger partial charge in [-0.1, -0.05) is 43.7 Å². The molecule has 0 saturated heterocycles. The number of nitrogens with zero attached hydrogens (tertiary/aromatic N) is 3. The highest BCUT2D eigenvalue weighted by atomic mass is 16.5. The molecule has 7 nitrogen and oxygen atoms in total. The fourth-order valence-electron chi connectivity index (χ4n) is 3.26. The summed E-state index contributed by atoms with van der Waals surface area (Å²) in [5.74, 6) is 1.19. The Hall–Kier alpha value is -2.64. The van der Waals surface area contributed by atoms with Gasteiger partial charge in [0.25, 0.3) is 0 Å². The molecule has 7 heteroatoms. The molecule has 32 heavy (non-hydrogen) atoms. The zero-order chi connectivity index (χ0) is 23.0. The second-order valence-corrected chi connectivity index (χ2v) is 7.71. The standard InChI is InChI=1S/C25H38N4O3/c1-4-11-29(12-5-2)23-18-24(28-26-20-22-10-8-9-21(3)17-22)27-25(19-23)32-16-15-31-14-7-6-13-30/h8-10,17-20,30H,4-7,11-16H2,1-3H3,(H,27,28)/b26-20+. The Kier molecular flexibility index (Phi) is 12.2. The number of anilines is 2. The van der Waals surface area contributed by atoms with E-state index < -0.39 is 0 Å². The zero-order valence-corrected chi connectivity index (χ0v) is 19.7. The number of ether oxygens (including phenoxy) is 2. The van der Waals surface area contributed by atoms with Crippen LogP contribution in [-0.4, -0.2) is 55.8 Å². The second-order valence-electron chi connectivity index (χ2n) is 7.71. The highest BCUT2D eigenvalue weighted by Crippen LogP contribution is 2.24. The van der Waals surface area contributed by atoms with Crippen molar-refractivity contribution in [2.24, 2.45) is 5.10 Å². The first-order valence-electron chi connectivity index (χ1n) is 11.6. The van der Waals surface area contributed by atoms with Gasteiger partial charge in [-0.15, -0.1) is 0 Å². The number of rotatable bonds is 16. The minimum Gasteiger partial charge on any atom is -0.475 e.